The van der Waals surface area contributed by atoms with Crippen molar-refractivity contribution in [2.75, 3.05) is 13.6 Å². The molecular formula is C26H34F2N2O. The maximum atomic E-state index is 13.4. The number of hydrogen-bond acceptors (Lipinski definition) is 2. The molecule has 2 aromatic rings. The van der Waals surface area contributed by atoms with Gasteiger partial charge in [-0.2, -0.15) is 0 Å². The van der Waals surface area contributed by atoms with Gasteiger partial charge in [-0.3, -0.25) is 4.79 Å². The third kappa shape index (κ3) is 7.13. The van der Waals surface area contributed by atoms with E-state index in [0.717, 1.165) is 30.4 Å². The van der Waals surface area contributed by atoms with E-state index >= 15 is 0 Å². The van der Waals surface area contributed by atoms with Crippen molar-refractivity contribution >= 4 is 5.91 Å². The first-order chi connectivity index (χ1) is 15.1. The number of nitrogens with one attached hydrogen (secondary N) is 2. The standard InChI is InChI=1S/C26H34F2N2O/c1-29-25(18-19-6-3-2-4-7-19)26(31)30-17-5-8-24(20-9-13-22(27)14-10-20)21-11-15-23(28)16-12-21/h9-16,19,24-25,29H,2-8,17-18H2,1H3,(H,30,31)/t25-/m0/s1. The van der Waals surface area contributed by atoms with Crippen molar-refractivity contribution in [3.05, 3.63) is 71.3 Å². The summed E-state index contributed by atoms with van der Waals surface area (Å²) in [6.07, 6.45) is 8.78. The van der Waals surface area contributed by atoms with Crippen LogP contribution in [0.5, 0.6) is 0 Å². The van der Waals surface area contributed by atoms with E-state index in [1.807, 2.05) is 7.05 Å². The van der Waals surface area contributed by atoms with Gasteiger partial charge >= 0.3 is 0 Å². The fourth-order valence-electron chi connectivity index (χ4n) is 4.67. The molecule has 3 nitrogen and oxygen atoms in total. The third-order valence-corrected chi connectivity index (χ3v) is 6.47. The number of rotatable bonds is 10. The van der Waals surface area contributed by atoms with Crippen LogP contribution in [-0.2, 0) is 4.79 Å². The Kier molecular flexibility index (Phi) is 9.01. The third-order valence-electron chi connectivity index (χ3n) is 6.47. The first-order valence-electron chi connectivity index (χ1n) is 11.5. The fraction of sp³-hybridized carbons (Fsp3) is 0.500. The Hall–Kier alpha value is -2.27. The average molecular weight is 429 g/mol. The van der Waals surface area contributed by atoms with Crippen LogP contribution < -0.4 is 10.6 Å². The second kappa shape index (κ2) is 11.9. The van der Waals surface area contributed by atoms with Crippen LogP contribution in [-0.4, -0.2) is 25.5 Å². The Balaban J connectivity index is 1.54. The van der Waals surface area contributed by atoms with Gasteiger partial charge in [-0.25, -0.2) is 8.78 Å². The normalized spacial score (nSPS) is 15.7. The number of carbonyl (C=O) groups excluding carboxylic acids is 1. The minimum Gasteiger partial charge on any atom is -0.355 e. The van der Waals surface area contributed by atoms with Crippen LogP contribution in [0.2, 0.25) is 0 Å². The van der Waals surface area contributed by atoms with E-state index in [4.69, 9.17) is 0 Å². The number of amides is 1. The van der Waals surface area contributed by atoms with Crippen molar-refractivity contribution in [1.29, 1.82) is 0 Å². The zero-order chi connectivity index (χ0) is 22.1. The summed E-state index contributed by atoms with van der Waals surface area (Å²) in [5.74, 6) is 0.182. The van der Waals surface area contributed by atoms with E-state index < -0.39 is 0 Å². The van der Waals surface area contributed by atoms with Gasteiger partial charge in [-0.05, 0) is 67.6 Å². The number of hydrogen-bond donors (Lipinski definition) is 2. The zero-order valence-electron chi connectivity index (χ0n) is 18.4. The van der Waals surface area contributed by atoms with Crippen LogP contribution in [0.25, 0.3) is 0 Å². The highest BCUT2D eigenvalue weighted by Gasteiger charge is 2.23. The first kappa shape index (κ1) is 23.4. The van der Waals surface area contributed by atoms with E-state index in [0.29, 0.717) is 12.5 Å². The molecule has 0 unspecified atom stereocenters. The molecular weight excluding hydrogens is 394 g/mol. The lowest BCUT2D eigenvalue weighted by Crippen LogP contribution is -2.44. The molecule has 1 aliphatic rings. The van der Waals surface area contributed by atoms with Gasteiger partial charge in [0.25, 0.3) is 0 Å². The predicted molar refractivity (Wildman–Crippen MR) is 121 cm³/mol. The van der Waals surface area contributed by atoms with Gasteiger partial charge in [0.2, 0.25) is 5.91 Å². The second-order valence-corrected chi connectivity index (χ2v) is 8.67. The van der Waals surface area contributed by atoms with Crippen LogP contribution in [0.4, 0.5) is 8.78 Å². The molecule has 0 spiro atoms. The monoisotopic (exact) mass is 428 g/mol. The summed E-state index contributed by atoms with van der Waals surface area (Å²) in [5, 5.41) is 6.26. The highest BCUT2D eigenvalue weighted by molar-refractivity contribution is 5.81. The summed E-state index contributed by atoms with van der Waals surface area (Å²) >= 11 is 0. The van der Waals surface area contributed by atoms with Crippen molar-refractivity contribution in [3.8, 4) is 0 Å². The van der Waals surface area contributed by atoms with Gasteiger partial charge in [0.15, 0.2) is 0 Å². The quantitative estimate of drug-likeness (QED) is 0.487. The predicted octanol–water partition coefficient (Wildman–Crippen LogP) is 5.55. The maximum absolute atomic E-state index is 13.4. The minimum atomic E-state index is -0.273. The molecule has 1 amide bonds. The van der Waals surface area contributed by atoms with Gasteiger partial charge in [0.1, 0.15) is 11.6 Å². The van der Waals surface area contributed by atoms with Gasteiger partial charge in [0, 0.05) is 12.5 Å². The van der Waals surface area contributed by atoms with Crippen molar-refractivity contribution in [2.45, 2.75) is 63.3 Å². The Morgan fingerprint density at radius 3 is 2.00 bits per heavy atom. The molecule has 0 bridgehead atoms. The molecule has 5 heteroatoms. The molecule has 31 heavy (non-hydrogen) atoms. The van der Waals surface area contributed by atoms with Crippen molar-refractivity contribution in [2.24, 2.45) is 5.92 Å². The zero-order valence-corrected chi connectivity index (χ0v) is 18.4. The van der Waals surface area contributed by atoms with Crippen molar-refractivity contribution < 1.29 is 13.6 Å². The lowest BCUT2D eigenvalue weighted by atomic mass is 9.84. The Bertz CT molecular complexity index is 756. The number of halogens is 2. The van der Waals surface area contributed by atoms with Gasteiger partial charge in [-0.15, -0.1) is 0 Å². The lowest BCUT2D eigenvalue weighted by molar-refractivity contribution is -0.123. The van der Waals surface area contributed by atoms with E-state index in [1.165, 1.54) is 56.4 Å². The Morgan fingerprint density at radius 2 is 1.48 bits per heavy atom. The lowest BCUT2D eigenvalue weighted by Gasteiger charge is -2.26. The topological polar surface area (TPSA) is 41.1 Å². The Labute approximate surface area is 184 Å². The van der Waals surface area contributed by atoms with Gasteiger partial charge < -0.3 is 10.6 Å². The summed E-state index contributed by atoms with van der Waals surface area (Å²) in [5.41, 5.74) is 1.98. The largest absolute Gasteiger partial charge is 0.355 e. The van der Waals surface area contributed by atoms with Crippen LogP contribution in [0.3, 0.4) is 0 Å². The van der Waals surface area contributed by atoms with Gasteiger partial charge in [-0.1, -0.05) is 56.4 Å². The van der Waals surface area contributed by atoms with Crippen molar-refractivity contribution in [3.63, 3.8) is 0 Å². The molecule has 0 saturated heterocycles. The summed E-state index contributed by atoms with van der Waals surface area (Å²) in [4.78, 5) is 12.7. The van der Waals surface area contributed by atoms with E-state index in [1.54, 1.807) is 24.3 Å². The Morgan fingerprint density at radius 1 is 0.935 bits per heavy atom. The smallest absolute Gasteiger partial charge is 0.237 e. The molecule has 0 aromatic heterocycles. The van der Waals surface area contributed by atoms with E-state index in [2.05, 4.69) is 10.6 Å². The number of likely N-dealkylation sites (N-methyl/N-ethyl adjacent to an activating group) is 1. The van der Waals surface area contributed by atoms with Crippen LogP contribution in [0.1, 0.15) is 68.4 Å². The summed E-state index contributed by atoms with van der Waals surface area (Å²) in [7, 11) is 1.85. The molecule has 168 valence electrons. The number of carbonyl (C=O) groups is 1. The first-order valence-corrected chi connectivity index (χ1v) is 11.5. The summed E-state index contributed by atoms with van der Waals surface area (Å²) in [6, 6.07) is 12.8. The summed E-state index contributed by atoms with van der Waals surface area (Å²) < 4.78 is 26.8. The number of benzene rings is 2. The molecule has 0 heterocycles. The SMILES string of the molecule is CN[C@@H](CC1CCCCC1)C(=O)NCCCC(c1ccc(F)cc1)c1ccc(F)cc1. The average Bonchev–Trinajstić information content (AvgIpc) is 2.79. The second-order valence-electron chi connectivity index (χ2n) is 8.67. The molecule has 1 fully saturated rings. The molecule has 1 saturated carbocycles. The highest BCUT2D eigenvalue weighted by atomic mass is 19.1. The molecule has 2 N–H and O–H groups in total. The molecule has 1 aliphatic carbocycles. The van der Waals surface area contributed by atoms with Crippen LogP contribution in [0, 0.1) is 17.6 Å². The summed E-state index contributed by atoms with van der Waals surface area (Å²) in [6.45, 7) is 0.584. The molecule has 0 radical (unpaired) electrons. The maximum Gasteiger partial charge on any atom is 0.237 e. The molecule has 3 rings (SSSR count). The molecule has 0 aliphatic heterocycles. The fourth-order valence-corrected chi connectivity index (χ4v) is 4.67. The van der Waals surface area contributed by atoms with E-state index in [-0.39, 0.29) is 29.5 Å². The molecule has 2 aromatic carbocycles. The van der Waals surface area contributed by atoms with Crippen LogP contribution >= 0.6 is 0 Å². The minimum absolute atomic E-state index is 0.0282. The van der Waals surface area contributed by atoms with Crippen LogP contribution in [0.15, 0.2) is 48.5 Å². The van der Waals surface area contributed by atoms with Gasteiger partial charge in [0.05, 0.1) is 6.04 Å². The highest BCUT2D eigenvalue weighted by Crippen LogP contribution is 2.30. The van der Waals surface area contributed by atoms with Crippen molar-refractivity contribution in [1.82, 2.24) is 10.6 Å². The van der Waals surface area contributed by atoms with E-state index in [9.17, 15) is 13.6 Å². The molecule has 1 atom stereocenters.